The largest absolute Gasteiger partial charge is 0.872 e. The van der Waals surface area contributed by atoms with E-state index >= 15 is 0 Å². The van der Waals surface area contributed by atoms with Crippen LogP contribution < -0.4 is 5.11 Å². The van der Waals surface area contributed by atoms with Crippen molar-refractivity contribution in [3.63, 3.8) is 0 Å². The number of benzene rings is 3. The number of nitro benzene ring substituents is 1. The molecule has 0 saturated heterocycles. The number of non-ortho nitro benzene ring substituents is 1. The van der Waals surface area contributed by atoms with Crippen molar-refractivity contribution in [1.82, 2.24) is 9.97 Å². The van der Waals surface area contributed by atoms with E-state index in [1.807, 2.05) is 36.4 Å². The first kappa shape index (κ1) is 16.5. The number of hydrogen-bond acceptors (Lipinski definition) is 5. The van der Waals surface area contributed by atoms with Crippen LogP contribution in [-0.2, 0) is 0 Å². The standard InChI is InChI=1S/C20H14N4O3/c25-19-10-9-16(24(26)27)11-14(19)12-21-15-7-5-13(6-8-15)20-22-17-3-1-2-4-18(17)23-20/h1-12,25H,(H,22,23)/p-1. The third kappa shape index (κ3) is 3.38. The van der Waals surface area contributed by atoms with E-state index in [-0.39, 0.29) is 17.0 Å². The lowest BCUT2D eigenvalue weighted by molar-refractivity contribution is -0.385. The van der Waals surface area contributed by atoms with Crippen LogP contribution in [0.3, 0.4) is 0 Å². The average molecular weight is 357 g/mol. The fourth-order valence-electron chi connectivity index (χ4n) is 2.69. The van der Waals surface area contributed by atoms with E-state index in [9.17, 15) is 15.2 Å². The van der Waals surface area contributed by atoms with Gasteiger partial charge in [-0.05, 0) is 42.0 Å². The molecule has 0 aliphatic rings. The molecule has 0 radical (unpaired) electrons. The van der Waals surface area contributed by atoms with Gasteiger partial charge >= 0.3 is 0 Å². The molecule has 0 saturated carbocycles. The summed E-state index contributed by atoms with van der Waals surface area (Å²) in [5, 5.41) is 22.6. The van der Waals surface area contributed by atoms with Crippen LogP contribution in [0.2, 0.25) is 0 Å². The number of nitro groups is 1. The van der Waals surface area contributed by atoms with Gasteiger partial charge in [-0.2, -0.15) is 0 Å². The monoisotopic (exact) mass is 357 g/mol. The van der Waals surface area contributed by atoms with E-state index in [0.717, 1.165) is 22.4 Å². The van der Waals surface area contributed by atoms with E-state index < -0.39 is 4.92 Å². The molecule has 0 amide bonds. The van der Waals surface area contributed by atoms with E-state index in [0.29, 0.717) is 5.69 Å². The van der Waals surface area contributed by atoms with Crippen LogP contribution in [0.4, 0.5) is 11.4 Å². The van der Waals surface area contributed by atoms with E-state index in [4.69, 9.17) is 0 Å². The van der Waals surface area contributed by atoms with Crippen molar-refractivity contribution >= 4 is 28.6 Å². The van der Waals surface area contributed by atoms with Crippen molar-refractivity contribution in [2.75, 3.05) is 0 Å². The zero-order valence-electron chi connectivity index (χ0n) is 14.0. The summed E-state index contributed by atoms with van der Waals surface area (Å²) in [6.07, 6.45) is 1.34. The maximum absolute atomic E-state index is 11.8. The number of hydrogen-bond donors (Lipinski definition) is 1. The highest BCUT2D eigenvalue weighted by Crippen LogP contribution is 2.24. The van der Waals surface area contributed by atoms with Crippen LogP contribution >= 0.6 is 0 Å². The first-order valence-electron chi connectivity index (χ1n) is 8.15. The third-order valence-corrected chi connectivity index (χ3v) is 4.09. The molecule has 0 unspecified atom stereocenters. The number of fused-ring (bicyclic) bond motifs is 1. The molecule has 1 heterocycles. The number of H-pyrrole nitrogens is 1. The minimum absolute atomic E-state index is 0.142. The first-order valence-corrected chi connectivity index (χ1v) is 8.15. The van der Waals surface area contributed by atoms with Crippen molar-refractivity contribution in [2.45, 2.75) is 0 Å². The van der Waals surface area contributed by atoms with Crippen LogP contribution in [-0.4, -0.2) is 21.1 Å². The summed E-state index contributed by atoms with van der Waals surface area (Å²) in [4.78, 5) is 22.3. The van der Waals surface area contributed by atoms with Gasteiger partial charge in [0.2, 0.25) is 0 Å². The lowest BCUT2D eigenvalue weighted by atomic mass is 10.2. The van der Waals surface area contributed by atoms with Gasteiger partial charge in [0.25, 0.3) is 5.69 Å². The fraction of sp³-hybridized carbons (Fsp3) is 0. The van der Waals surface area contributed by atoms with E-state index in [1.165, 1.54) is 24.4 Å². The number of para-hydroxylation sites is 2. The van der Waals surface area contributed by atoms with Crippen LogP contribution in [0, 0.1) is 10.1 Å². The lowest BCUT2D eigenvalue weighted by Gasteiger charge is -2.08. The Labute approximate surface area is 153 Å². The molecule has 0 bridgehead atoms. The molecule has 4 rings (SSSR count). The van der Waals surface area contributed by atoms with Crippen LogP contribution in [0.1, 0.15) is 5.56 Å². The maximum Gasteiger partial charge on any atom is 0.270 e. The van der Waals surface area contributed by atoms with E-state index in [2.05, 4.69) is 15.0 Å². The molecule has 1 N–H and O–H groups in total. The second kappa shape index (κ2) is 6.72. The Kier molecular flexibility index (Phi) is 4.10. The minimum Gasteiger partial charge on any atom is -0.872 e. The molecule has 0 spiro atoms. The maximum atomic E-state index is 11.8. The highest BCUT2D eigenvalue weighted by Gasteiger charge is 2.06. The Hall–Kier alpha value is -4.00. The van der Waals surface area contributed by atoms with Gasteiger partial charge in [0.05, 0.1) is 21.6 Å². The summed E-state index contributed by atoms with van der Waals surface area (Å²) in [6.45, 7) is 0. The Morgan fingerprint density at radius 1 is 1.04 bits per heavy atom. The van der Waals surface area contributed by atoms with Gasteiger partial charge in [-0.15, -0.1) is 0 Å². The number of nitrogens with one attached hydrogen (secondary N) is 1. The Morgan fingerprint density at radius 3 is 2.56 bits per heavy atom. The van der Waals surface area contributed by atoms with Gasteiger partial charge in [-0.1, -0.05) is 23.9 Å². The van der Waals surface area contributed by atoms with Gasteiger partial charge in [-0.25, -0.2) is 4.98 Å². The van der Waals surface area contributed by atoms with Crippen molar-refractivity contribution < 1.29 is 10.0 Å². The number of nitrogens with zero attached hydrogens (tertiary/aromatic N) is 3. The summed E-state index contributed by atoms with van der Waals surface area (Å²) in [6, 6.07) is 18.7. The Bertz CT molecular complexity index is 1130. The molecular weight excluding hydrogens is 344 g/mol. The van der Waals surface area contributed by atoms with E-state index in [1.54, 1.807) is 12.1 Å². The van der Waals surface area contributed by atoms with Crippen LogP contribution in [0.5, 0.6) is 5.75 Å². The van der Waals surface area contributed by atoms with Crippen molar-refractivity contribution in [3.8, 4) is 17.1 Å². The molecule has 27 heavy (non-hydrogen) atoms. The quantitative estimate of drug-likeness (QED) is 0.339. The average Bonchev–Trinajstić information content (AvgIpc) is 3.12. The topological polar surface area (TPSA) is 107 Å². The Morgan fingerprint density at radius 2 is 1.81 bits per heavy atom. The van der Waals surface area contributed by atoms with Gasteiger partial charge < -0.3 is 10.1 Å². The number of aromatic nitrogens is 2. The van der Waals surface area contributed by atoms with Gasteiger partial charge in [0.1, 0.15) is 5.82 Å². The molecule has 132 valence electrons. The molecule has 0 aliphatic heterocycles. The molecule has 0 aliphatic carbocycles. The molecule has 7 heteroatoms. The SMILES string of the molecule is O=[N+]([O-])c1ccc([O-])c(C=Nc2ccc(-c3nc4ccccc4[nH]3)cc2)c1. The smallest absolute Gasteiger partial charge is 0.270 e. The van der Waals surface area contributed by atoms with Gasteiger partial charge in [0.15, 0.2) is 0 Å². The Balaban J connectivity index is 1.58. The zero-order chi connectivity index (χ0) is 18.8. The second-order valence-electron chi connectivity index (χ2n) is 5.89. The predicted octanol–water partition coefficient (Wildman–Crippen LogP) is 3.96. The predicted molar refractivity (Wildman–Crippen MR) is 101 cm³/mol. The van der Waals surface area contributed by atoms with Crippen molar-refractivity contribution in [3.05, 3.63) is 82.4 Å². The number of rotatable bonds is 4. The zero-order valence-corrected chi connectivity index (χ0v) is 14.0. The van der Waals surface area contributed by atoms with Crippen molar-refractivity contribution in [1.29, 1.82) is 0 Å². The summed E-state index contributed by atoms with van der Waals surface area (Å²) < 4.78 is 0. The molecule has 7 nitrogen and oxygen atoms in total. The normalized spacial score (nSPS) is 11.3. The molecule has 4 aromatic rings. The summed E-state index contributed by atoms with van der Waals surface area (Å²) in [5.74, 6) is 0.440. The first-order chi connectivity index (χ1) is 13.1. The lowest BCUT2D eigenvalue weighted by Crippen LogP contribution is -1.98. The molecular formula is C20H13N4O3-. The fourth-order valence-corrected chi connectivity index (χ4v) is 2.69. The minimum atomic E-state index is -0.543. The summed E-state index contributed by atoms with van der Waals surface area (Å²) >= 11 is 0. The number of aromatic amines is 1. The molecule has 1 aromatic heterocycles. The number of imidazole rings is 1. The highest BCUT2D eigenvalue weighted by atomic mass is 16.6. The third-order valence-electron chi connectivity index (χ3n) is 4.09. The van der Waals surface area contributed by atoms with Gasteiger partial charge in [-0.3, -0.25) is 15.1 Å². The van der Waals surface area contributed by atoms with Crippen LogP contribution in [0.15, 0.2) is 71.7 Å². The van der Waals surface area contributed by atoms with Crippen LogP contribution in [0.25, 0.3) is 22.4 Å². The van der Waals surface area contributed by atoms with Gasteiger partial charge in [0, 0.05) is 23.9 Å². The molecule has 0 atom stereocenters. The molecule has 3 aromatic carbocycles. The second-order valence-corrected chi connectivity index (χ2v) is 5.89. The van der Waals surface area contributed by atoms with Crippen molar-refractivity contribution in [2.24, 2.45) is 4.99 Å². The summed E-state index contributed by atoms with van der Waals surface area (Å²) in [5.41, 5.74) is 3.42. The number of aliphatic imine (C=N–C) groups is 1. The highest BCUT2D eigenvalue weighted by molar-refractivity contribution is 5.86. The summed E-state index contributed by atoms with van der Waals surface area (Å²) in [7, 11) is 0. The molecule has 0 fully saturated rings.